The van der Waals surface area contributed by atoms with Crippen molar-refractivity contribution in [3.63, 3.8) is 0 Å². The molecule has 1 aromatic rings. The van der Waals surface area contributed by atoms with Crippen molar-refractivity contribution in [3.8, 4) is 5.75 Å². The molecule has 0 bridgehead atoms. The van der Waals surface area contributed by atoms with E-state index in [1.807, 2.05) is 18.2 Å². The lowest BCUT2D eigenvalue weighted by Crippen LogP contribution is -2.33. The second-order valence-corrected chi connectivity index (χ2v) is 5.51. The first-order valence-corrected chi connectivity index (χ1v) is 7.04. The summed E-state index contributed by atoms with van der Waals surface area (Å²) in [5.74, 6) is 1.47. The lowest BCUT2D eigenvalue weighted by molar-refractivity contribution is 0.0933. The minimum absolute atomic E-state index is 0.0336. The fourth-order valence-corrected chi connectivity index (χ4v) is 2.56. The summed E-state index contributed by atoms with van der Waals surface area (Å²) in [6.07, 6.45) is 3.71. The van der Waals surface area contributed by atoms with Crippen molar-refractivity contribution in [2.75, 3.05) is 18.5 Å². The second-order valence-electron chi connectivity index (χ2n) is 5.51. The molecule has 1 fully saturated rings. The monoisotopic (exact) mass is 260 g/mol. The van der Waals surface area contributed by atoms with Gasteiger partial charge in [-0.15, -0.1) is 0 Å². The lowest BCUT2D eigenvalue weighted by atomic mass is 10.1. The number of amides is 1. The Kier molecular flexibility index (Phi) is 3.32. The first kappa shape index (κ1) is 12.3. The molecule has 19 heavy (non-hydrogen) atoms. The highest BCUT2D eigenvalue weighted by Gasteiger charge is 2.25. The van der Waals surface area contributed by atoms with E-state index >= 15 is 0 Å². The van der Waals surface area contributed by atoms with Crippen molar-refractivity contribution >= 4 is 11.6 Å². The van der Waals surface area contributed by atoms with Gasteiger partial charge in [-0.1, -0.05) is 18.9 Å². The third kappa shape index (κ3) is 2.83. The van der Waals surface area contributed by atoms with Gasteiger partial charge in [0, 0.05) is 12.6 Å². The number of carbonyl (C=O) groups excluding carboxylic acids is 1. The number of anilines is 1. The van der Waals surface area contributed by atoms with Crippen LogP contribution in [0.2, 0.25) is 0 Å². The van der Waals surface area contributed by atoms with Gasteiger partial charge in [-0.05, 0) is 31.4 Å². The maximum atomic E-state index is 12.3. The van der Waals surface area contributed by atoms with Gasteiger partial charge < -0.3 is 15.4 Å². The molecule has 3 rings (SSSR count). The zero-order chi connectivity index (χ0) is 13.2. The number of hydrogen-bond acceptors (Lipinski definition) is 3. The number of carbonyl (C=O) groups is 1. The van der Waals surface area contributed by atoms with E-state index in [2.05, 4.69) is 17.6 Å². The lowest BCUT2D eigenvalue weighted by Gasteiger charge is -2.22. The van der Waals surface area contributed by atoms with Gasteiger partial charge >= 0.3 is 0 Å². The summed E-state index contributed by atoms with van der Waals surface area (Å²) in [5, 5.41) is 6.32. The van der Waals surface area contributed by atoms with Crippen LogP contribution in [-0.4, -0.2) is 25.1 Å². The number of benzene rings is 1. The molecule has 1 aliphatic carbocycles. The highest BCUT2D eigenvalue weighted by atomic mass is 16.5. The van der Waals surface area contributed by atoms with Crippen LogP contribution in [-0.2, 0) is 0 Å². The molecular formula is C15H20N2O2. The summed E-state index contributed by atoms with van der Waals surface area (Å²) in [7, 11) is 0. The standard InChI is InChI=1S/C15H20N2O2/c1-10(9-11-5-6-11)17-15(18)12-3-2-4-13-14(12)19-8-7-16-13/h2-4,10-11,16H,5-9H2,1H3,(H,17,18). The Hall–Kier alpha value is -1.71. The van der Waals surface area contributed by atoms with E-state index in [9.17, 15) is 4.79 Å². The predicted octanol–water partition coefficient (Wildman–Crippen LogP) is 2.41. The summed E-state index contributed by atoms with van der Waals surface area (Å²) in [4.78, 5) is 12.3. The molecule has 0 radical (unpaired) electrons. The van der Waals surface area contributed by atoms with Crippen molar-refractivity contribution in [1.29, 1.82) is 0 Å². The fourth-order valence-electron chi connectivity index (χ4n) is 2.56. The summed E-state index contributed by atoms with van der Waals surface area (Å²) in [5.41, 5.74) is 1.54. The van der Waals surface area contributed by atoms with Gasteiger partial charge in [0.1, 0.15) is 6.61 Å². The molecule has 0 saturated heterocycles. The largest absolute Gasteiger partial charge is 0.489 e. The highest BCUT2D eigenvalue weighted by Crippen LogP contribution is 2.34. The van der Waals surface area contributed by atoms with E-state index in [4.69, 9.17) is 4.74 Å². The number of nitrogens with one attached hydrogen (secondary N) is 2. The van der Waals surface area contributed by atoms with E-state index in [0.717, 1.165) is 24.6 Å². The zero-order valence-electron chi connectivity index (χ0n) is 11.2. The van der Waals surface area contributed by atoms with E-state index in [-0.39, 0.29) is 11.9 Å². The average molecular weight is 260 g/mol. The van der Waals surface area contributed by atoms with Crippen molar-refractivity contribution < 1.29 is 9.53 Å². The van der Waals surface area contributed by atoms with Crippen LogP contribution in [0.25, 0.3) is 0 Å². The quantitative estimate of drug-likeness (QED) is 0.874. The number of ether oxygens (including phenoxy) is 1. The zero-order valence-corrected chi connectivity index (χ0v) is 11.2. The summed E-state index contributed by atoms with van der Waals surface area (Å²) >= 11 is 0. The van der Waals surface area contributed by atoms with Crippen molar-refractivity contribution in [2.45, 2.75) is 32.2 Å². The minimum atomic E-state index is -0.0336. The van der Waals surface area contributed by atoms with Gasteiger partial charge in [-0.3, -0.25) is 4.79 Å². The molecule has 1 heterocycles. The molecule has 4 nitrogen and oxygen atoms in total. The molecule has 1 aliphatic heterocycles. The van der Waals surface area contributed by atoms with Crippen LogP contribution >= 0.6 is 0 Å². The third-order valence-electron chi connectivity index (χ3n) is 3.68. The molecule has 4 heteroatoms. The third-order valence-corrected chi connectivity index (χ3v) is 3.68. The number of fused-ring (bicyclic) bond motifs is 1. The molecule has 1 saturated carbocycles. The van der Waals surface area contributed by atoms with Gasteiger partial charge in [-0.2, -0.15) is 0 Å². The molecule has 0 spiro atoms. The molecule has 1 atom stereocenters. The number of hydrogen-bond donors (Lipinski definition) is 2. The van der Waals surface area contributed by atoms with E-state index in [1.165, 1.54) is 12.8 Å². The molecule has 2 aliphatic rings. The normalized spacial score (nSPS) is 18.8. The van der Waals surface area contributed by atoms with Gasteiger partial charge in [0.25, 0.3) is 5.91 Å². The second kappa shape index (κ2) is 5.11. The smallest absolute Gasteiger partial charge is 0.255 e. The SMILES string of the molecule is CC(CC1CC1)NC(=O)c1cccc2c1OCCN2. The van der Waals surface area contributed by atoms with Gasteiger partial charge in [0.2, 0.25) is 0 Å². The van der Waals surface area contributed by atoms with Crippen LogP contribution < -0.4 is 15.4 Å². The Labute approximate surface area is 113 Å². The van der Waals surface area contributed by atoms with Crippen molar-refractivity contribution in [2.24, 2.45) is 5.92 Å². The van der Waals surface area contributed by atoms with Crippen LogP contribution in [0.3, 0.4) is 0 Å². The topological polar surface area (TPSA) is 50.4 Å². The van der Waals surface area contributed by atoms with Gasteiger partial charge in [-0.25, -0.2) is 0 Å². The first-order chi connectivity index (χ1) is 9.24. The summed E-state index contributed by atoms with van der Waals surface area (Å²) < 4.78 is 5.63. The Morgan fingerprint density at radius 2 is 2.37 bits per heavy atom. The Bertz CT molecular complexity index is 483. The molecule has 0 aromatic heterocycles. The molecule has 1 amide bonds. The molecule has 1 unspecified atom stereocenters. The van der Waals surface area contributed by atoms with E-state index < -0.39 is 0 Å². The first-order valence-electron chi connectivity index (χ1n) is 7.04. The van der Waals surface area contributed by atoms with Gasteiger partial charge in [0.05, 0.1) is 11.3 Å². The van der Waals surface area contributed by atoms with E-state index in [0.29, 0.717) is 17.9 Å². The Morgan fingerprint density at radius 3 is 3.16 bits per heavy atom. The molecule has 102 valence electrons. The van der Waals surface area contributed by atoms with Crippen molar-refractivity contribution in [3.05, 3.63) is 23.8 Å². The van der Waals surface area contributed by atoms with Crippen LogP contribution in [0.15, 0.2) is 18.2 Å². The summed E-state index contributed by atoms with van der Waals surface area (Å²) in [6.45, 7) is 3.47. The van der Waals surface area contributed by atoms with Crippen LogP contribution in [0.4, 0.5) is 5.69 Å². The van der Waals surface area contributed by atoms with Crippen LogP contribution in [0.5, 0.6) is 5.75 Å². The van der Waals surface area contributed by atoms with Crippen LogP contribution in [0, 0.1) is 5.92 Å². The van der Waals surface area contributed by atoms with E-state index in [1.54, 1.807) is 0 Å². The van der Waals surface area contributed by atoms with Crippen LogP contribution in [0.1, 0.15) is 36.5 Å². The minimum Gasteiger partial charge on any atom is -0.489 e. The van der Waals surface area contributed by atoms with Gasteiger partial charge in [0.15, 0.2) is 5.75 Å². The average Bonchev–Trinajstić information content (AvgIpc) is 3.21. The maximum Gasteiger partial charge on any atom is 0.255 e. The Balaban J connectivity index is 1.71. The summed E-state index contributed by atoms with van der Waals surface area (Å²) in [6, 6.07) is 5.89. The molecular weight excluding hydrogens is 240 g/mol. The Morgan fingerprint density at radius 1 is 1.53 bits per heavy atom. The maximum absolute atomic E-state index is 12.3. The fraction of sp³-hybridized carbons (Fsp3) is 0.533. The number of rotatable bonds is 4. The molecule has 2 N–H and O–H groups in total. The van der Waals surface area contributed by atoms with Crippen molar-refractivity contribution in [1.82, 2.24) is 5.32 Å². The molecule has 1 aromatic carbocycles. The predicted molar refractivity (Wildman–Crippen MR) is 74.7 cm³/mol. The highest BCUT2D eigenvalue weighted by molar-refractivity contribution is 5.99. The number of para-hydroxylation sites is 1.